The van der Waals surface area contributed by atoms with Gasteiger partial charge in [0.15, 0.2) is 0 Å². The highest BCUT2D eigenvalue weighted by molar-refractivity contribution is 5.72. The Kier molecular flexibility index (Phi) is 7.39. The number of methoxy groups -OCH3 is 1. The van der Waals surface area contributed by atoms with Crippen molar-refractivity contribution in [2.75, 3.05) is 7.11 Å². The predicted molar refractivity (Wildman–Crippen MR) is 60.4 cm³/mol. The lowest BCUT2D eigenvalue weighted by molar-refractivity contribution is -0.189. The van der Waals surface area contributed by atoms with E-state index in [1.54, 1.807) is 7.11 Å². The van der Waals surface area contributed by atoms with Gasteiger partial charge < -0.3 is 9.47 Å². The molecule has 0 rings (SSSR count). The molecule has 2 atom stereocenters. The van der Waals surface area contributed by atoms with Crippen LogP contribution in [-0.2, 0) is 14.3 Å². The van der Waals surface area contributed by atoms with Crippen LogP contribution in [0, 0.1) is 11.8 Å². The molecule has 0 spiro atoms. The van der Waals surface area contributed by atoms with Crippen LogP contribution in [0.4, 0.5) is 0 Å². The van der Waals surface area contributed by atoms with Gasteiger partial charge in [-0.3, -0.25) is 4.79 Å². The van der Waals surface area contributed by atoms with Gasteiger partial charge in [0.2, 0.25) is 6.29 Å². The zero-order valence-corrected chi connectivity index (χ0v) is 10.6. The molecule has 0 N–H and O–H groups in total. The van der Waals surface area contributed by atoms with Crippen LogP contribution in [0.5, 0.6) is 0 Å². The molecule has 0 saturated heterocycles. The summed E-state index contributed by atoms with van der Waals surface area (Å²) < 4.78 is 10.6. The number of hydrogen-bond acceptors (Lipinski definition) is 3. The summed E-state index contributed by atoms with van der Waals surface area (Å²) in [6.45, 7) is 8.02. The largest absolute Gasteiger partial charge is 0.435 e. The van der Waals surface area contributed by atoms with Gasteiger partial charge in [-0.15, -0.1) is 0 Å². The summed E-state index contributed by atoms with van der Waals surface area (Å²) in [5.41, 5.74) is 0. The Morgan fingerprint density at radius 2 is 1.67 bits per heavy atom. The average molecular weight is 216 g/mol. The van der Waals surface area contributed by atoms with Gasteiger partial charge in [0.25, 0.3) is 0 Å². The summed E-state index contributed by atoms with van der Waals surface area (Å²) in [5, 5.41) is 0. The molecule has 0 heterocycles. The van der Waals surface area contributed by atoms with E-state index in [9.17, 15) is 4.79 Å². The van der Waals surface area contributed by atoms with Gasteiger partial charge in [0.05, 0.1) is 5.92 Å². The fraction of sp³-hybridized carbons (Fsp3) is 0.917. The van der Waals surface area contributed by atoms with E-state index in [1.165, 1.54) is 0 Å². The zero-order chi connectivity index (χ0) is 11.8. The number of ether oxygens (including phenoxy) is 2. The van der Waals surface area contributed by atoms with Gasteiger partial charge in [-0.25, -0.2) is 0 Å². The van der Waals surface area contributed by atoms with Crippen LogP contribution in [0.15, 0.2) is 0 Å². The number of carbonyl (C=O) groups is 1. The maximum absolute atomic E-state index is 11.6. The fourth-order valence-corrected chi connectivity index (χ4v) is 1.41. The fourth-order valence-electron chi connectivity index (χ4n) is 1.41. The van der Waals surface area contributed by atoms with Gasteiger partial charge >= 0.3 is 5.97 Å². The van der Waals surface area contributed by atoms with E-state index < -0.39 is 0 Å². The Labute approximate surface area is 93.1 Å². The molecule has 0 aliphatic carbocycles. The van der Waals surface area contributed by atoms with Crippen LogP contribution in [0.2, 0.25) is 0 Å². The summed E-state index contributed by atoms with van der Waals surface area (Å²) >= 11 is 0. The first kappa shape index (κ1) is 14.4. The topological polar surface area (TPSA) is 35.5 Å². The molecule has 0 aromatic carbocycles. The van der Waals surface area contributed by atoms with Crippen LogP contribution >= 0.6 is 0 Å². The van der Waals surface area contributed by atoms with Crippen molar-refractivity contribution in [2.45, 2.75) is 53.2 Å². The molecular weight excluding hydrogens is 192 g/mol. The second-order valence-electron chi connectivity index (χ2n) is 3.93. The Hall–Kier alpha value is -0.570. The molecule has 0 saturated carbocycles. The van der Waals surface area contributed by atoms with Crippen molar-refractivity contribution in [3.63, 3.8) is 0 Å². The van der Waals surface area contributed by atoms with Gasteiger partial charge in [0.1, 0.15) is 0 Å². The van der Waals surface area contributed by atoms with E-state index in [0.29, 0.717) is 5.92 Å². The van der Waals surface area contributed by atoms with Crippen LogP contribution in [0.1, 0.15) is 47.0 Å². The number of rotatable bonds is 7. The molecule has 0 fully saturated rings. The lowest BCUT2D eigenvalue weighted by Crippen LogP contribution is -2.30. The van der Waals surface area contributed by atoms with Gasteiger partial charge in [-0.1, -0.05) is 27.7 Å². The smallest absolute Gasteiger partial charge is 0.310 e. The quantitative estimate of drug-likeness (QED) is 0.485. The van der Waals surface area contributed by atoms with Crippen molar-refractivity contribution in [1.82, 2.24) is 0 Å². The van der Waals surface area contributed by atoms with Gasteiger partial charge in [-0.2, -0.15) is 0 Å². The molecule has 0 radical (unpaired) electrons. The van der Waals surface area contributed by atoms with Crippen molar-refractivity contribution in [3.05, 3.63) is 0 Å². The first-order valence-corrected chi connectivity index (χ1v) is 5.83. The lowest BCUT2D eigenvalue weighted by Gasteiger charge is -2.24. The van der Waals surface area contributed by atoms with Gasteiger partial charge in [-0.05, 0) is 19.3 Å². The summed E-state index contributed by atoms with van der Waals surface area (Å²) in [6.07, 6.45) is 2.34. The molecule has 15 heavy (non-hydrogen) atoms. The van der Waals surface area contributed by atoms with E-state index in [0.717, 1.165) is 19.3 Å². The maximum atomic E-state index is 11.6. The predicted octanol–water partition coefficient (Wildman–Crippen LogP) is 2.98. The van der Waals surface area contributed by atoms with E-state index in [1.807, 2.05) is 13.8 Å². The molecule has 3 nitrogen and oxygen atoms in total. The molecule has 0 bridgehead atoms. The Bertz CT molecular complexity index is 176. The van der Waals surface area contributed by atoms with Crippen LogP contribution in [0.3, 0.4) is 0 Å². The molecule has 90 valence electrons. The second kappa shape index (κ2) is 7.69. The standard InChI is InChI=1S/C12H24O3/c1-6-9(4)11(13)15-12(14-5)10(7-2)8-3/h9-10,12H,6-8H2,1-5H3. The van der Waals surface area contributed by atoms with E-state index in [-0.39, 0.29) is 18.2 Å². The van der Waals surface area contributed by atoms with Gasteiger partial charge in [0, 0.05) is 13.0 Å². The third-order valence-corrected chi connectivity index (χ3v) is 2.91. The van der Waals surface area contributed by atoms with Crippen LogP contribution < -0.4 is 0 Å². The molecule has 0 aliphatic heterocycles. The van der Waals surface area contributed by atoms with E-state index in [2.05, 4.69) is 13.8 Å². The molecule has 0 amide bonds. The van der Waals surface area contributed by atoms with Crippen LogP contribution in [0.25, 0.3) is 0 Å². The molecule has 0 aliphatic rings. The van der Waals surface area contributed by atoms with E-state index >= 15 is 0 Å². The zero-order valence-electron chi connectivity index (χ0n) is 10.6. The Morgan fingerprint density at radius 1 is 1.13 bits per heavy atom. The summed E-state index contributed by atoms with van der Waals surface area (Å²) in [6, 6.07) is 0. The molecule has 0 aromatic heterocycles. The minimum atomic E-state index is -0.388. The Morgan fingerprint density at radius 3 is 2.00 bits per heavy atom. The maximum Gasteiger partial charge on any atom is 0.310 e. The normalized spacial score (nSPS) is 15.1. The van der Waals surface area contributed by atoms with Crippen molar-refractivity contribution >= 4 is 5.97 Å². The van der Waals surface area contributed by atoms with Crippen molar-refractivity contribution < 1.29 is 14.3 Å². The lowest BCUT2D eigenvalue weighted by atomic mass is 10.0. The van der Waals surface area contributed by atoms with Crippen molar-refractivity contribution in [3.8, 4) is 0 Å². The number of carbonyl (C=O) groups excluding carboxylic acids is 1. The highest BCUT2D eigenvalue weighted by Crippen LogP contribution is 2.18. The number of esters is 1. The molecule has 2 unspecified atom stereocenters. The molecule has 0 aromatic rings. The summed E-state index contributed by atoms with van der Waals surface area (Å²) in [4.78, 5) is 11.6. The summed E-state index contributed by atoms with van der Waals surface area (Å²) in [7, 11) is 1.59. The van der Waals surface area contributed by atoms with Crippen molar-refractivity contribution in [2.24, 2.45) is 11.8 Å². The first-order chi connectivity index (χ1) is 7.10. The third-order valence-electron chi connectivity index (χ3n) is 2.91. The average Bonchev–Trinajstić information content (AvgIpc) is 2.27. The SMILES string of the molecule is CCC(C)C(=O)OC(OC)C(CC)CC. The second-order valence-corrected chi connectivity index (χ2v) is 3.93. The van der Waals surface area contributed by atoms with Crippen LogP contribution in [-0.4, -0.2) is 19.4 Å². The Balaban J connectivity index is 4.25. The number of hydrogen-bond donors (Lipinski definition) is 0. The highest BCUT2D eigenvalue weighted by Gasteiger charge is 2.24. The monoisotopic (exact) mass is 216 g/mol. The molecule has 3 heteroatoms. The molecular formula is C12H24O3. The summed E-state index contributed by atoms with van der Waals surface area (Å²) in [5.74, 6) is 0.0938. The van der Waals surface area contributed by atoms with Crippen molar-refractivity contribution in [1.29, 1.82) is 0 Å². The first-order valence-electron chi connectivity index (χ1n) is 5.83. The van der Waals surface area contributed by atoms with E-state index in [4.69, 9.17) is 9.47 Å². The third kappa shape index (κ3) is 4.65. The minimum Gasteiger partial charge on any atom is -0.435 e. The highest BCUT2D eigenvalue weighted by atomic mass is 16.7. The minimum absolute atomic E-state index is 0.0444.